The van der Waals surface area contributed by atoms with Gasteiger partial charge in [0.05, 0.1) is 26.9 Å². The van der Waals surface area contributed by atoms with Crippen molar-refractivity contribution in [3.63, 3.8) is 0 Å². The number of ether oxygens (including phenoxy) is 3. The van der Waals surface area contributed by atoms with E-state index in [4.69, 9.17) is 9.47 Å². The fourth-order valence-corrected chi connectivity index (χ4v) is 2.43. The molecule has 1 heterocycles. The largest absolute Gasteiger partial charge is 0.466 e. The molecule has 0 amide bonds. The molecule has 0 spiro atoms. The maximum atomic E-state index is 11.7. The fourth-order valence-electron chi connectivity index (χ4n) is 2.43. The molecule has 0 aromatic heterocycles. The van der Waals surface area contributed by atoms with Gasteiger partial charge in [-0.1, -0.05) is 13.8 Å². The highest BCUT2D eigenvalue weighted by Gasteiger charge is 2.31. The quantitative estimate of drug-likeness (QED) is 0.498. The molecule has 6 nitrogen and oxygen atoms in total. The lowest BCUT2D eigenvalue weighted by Crippen LogP contribution is -2.45. The Morgan fingerprint density at radius 2 is 1.73 bits per heavy atom. The van der Waals surface area contributed by atoms with Gasteiger partial charge in [-0.05, 0) is 12.8 Å². The van der Waals surface area contributed by atoms with Crippen LogP contribution in [0.3, 0.4) is 0 Å². The number of carbonyl (C=O) groups excluding carboxylic acids is 2. The Balaban J connectivity index is 2.53. The number of nitrogens with zero attached hydrogens (tertiary/aromatic N) is 1. The molecule has 0 aromatic rings. The Morgan fingerprint density at radius 3 is 2.27 bits per heavy atom. The van der Waals surface area contributed by atoms with Crippen LogP contribution >= 0.6 is 0 Å². The minimum Gasteiger partial charge on any atom is -0.466 e. The van der Waals surface area contributed by atoms with Crippen LogP contribution in [0, 0.1) is 5.41 Å². The molecule has 0 saturated carbocycles. The van der Waals surface area contributed by atoms with Gasteiger partial charge in [-0.3, -0.25) is 4.90 Å². The molecule has 126 valence electrons. The Morgan fingerprint density at radius 1 is 1.14 bits per heavy atom. The molecule has 1 rings (SSSR count). The number of carbonyl (C=O) groups is 2. The van der Waals surface area contributed by atoms with E-state index in [0.717, 1.165) is 57.8 Å². The van der Waals surface area contributed by atoms with Gasteiger partial charge in [-0.15, -0.1) is 0 Å². The number of rotatable bonds is 8. The molecule has 0 N–H and O–H groups in total. The van der Waals surface area contributed by atoms with Crippen molar-refractivity contribution in [1.82, 2.24) is 4.90 Å². The summed E-state index contributed by atoms with van der Waals surface area (Å²) in [6.45, 7) is 8.80. The first-order valence-electron chi connectivity index (χ1n) is 7.78. The van der Waals surface area contributed by atoms with Crippen molar-refractivity contribution in [2.45, 2.75) is 26.7 Å². The van der Waals surface area contributed by atoms with Crippen molar-refractivity contribution in [1.29, 1.82) is 0 Å². The van der Waals surface area contributed by atoms with Gasteiger partial charge in [0.25, 0.3) is 0 Å². The zero-order valence-corrected chi connectivity index (χ0v) is 13.8. The maximum Gasteiger partial charge on any atom is 0.331 e. The van der Waals surface area contributed by atoms with Gasteiger partial charge in [0.1, 0.15) is 0 Å². The first-order valence-corrected chi connectivity index (χ1v) is 7.78. The van der Waals surface area contributed by atoms with Gasteiger partial charge in [0.15, 0.2) is 0 Å². The molecule has 0 aliphatic carbocycles. The molecule has 1 saturated heterocycles. The van der Waals surface area contributed by atoms with Crippen LogP contribution in [0.1, 0.15) is 26.7 Å². The summed E-state index contributed by atoms with van der Waals surface area (Å²) in [5, 5.41) is 0. The van der Waals surface area contributed by atoms with Crippen LogP contribution in [-0.2, 0) is 23.8 Å². The summed E-state index contributed by atoms with van der Waals surface area (Å²) in [6.07, 6.45) is 4.03. The number of esters is 2. The second kappa shape index (κ2) is 9.58. The van der Waals surface area contributed by atoms with E-state index in [1.165, 1.54) is 7.11 Å². The lowest BCUT2D eigenvalue weighted by Gasteiger charge is -2.38. The van der Waals surface area contributed by atoms with Gasteiger partial charge >= 0.3 is 11.9 Å². The van der Waals surface area contributed by atoms with Crippen LogP contribution in [0.2, 0.25) is 0 Å². The zero-order chi connectivity index (χ0) is 16.4. The highest BCUT2D eigenvalue weighted by Crippen LogP contribution is 2.28. The van der Waals surface area contributed by atoms with Crippen LogP contribution in [-0.4, -0.2) is 63.4 Å². The summed E-state index contributed by atoms with van der Waals surface area (Å²) in [7, 11) is 1.26. The van der Waals surface area contributed by atoms with E-state index in [9.17, 15) is 9.59 Å². The van der Waals surface area contributed by atoms with E-state index < -0.39 is 11.9 Å². The van der Waals surface area contributed by atoms with Crippen molar-refractivity contribution >= 4 is 11.9 Å². The zero-order valence-electron chi connectivity index (χ0n) is 13.8. The summed E-state index contributed by atoms with van der Waals surface area (Å²) in [6, 6.07) is 0. The molecular formula is C16H27NO5. The molecule has 0 unspecified atom stereocenters. The summed E-state index contributed by atoms with van der Waals surface area (Å²) < 4.78 is 15.1. The molecule has 0 radical (unpaired) electrons. The Labute approximate surface area is 132 Å². The Hall–Kier alpha value is -1.40. The van der Waals surface area contributed by atoms with E-state index >= 15 is 0 Å². The van der Waals surface area contributed by atoms with Gasteiger partial charge in [0.2, 0.25) is 0 Å². The Bertz CT molecular complexity index is 384. The van der Waals surface area contributed by atoms with Crippen LogP contribution in [0.25, 0.3) is 0 Å². The highest BCUT2D eigenvalue weighted by atomic mass is 16.5. The average molecular weight is 313 g/mol. The lowest BCUT2D eigenvalue weighted by molar-refractivity contribution is -0.143. The first kappa shape index (κ1) is 18.6. The average Bonchev–Trinajstić information content (AvgIpc) is 2.57. The highest BCUT2D eigenvalue weighted by molar-refractivity contribution is 5.91. The van der Waals surface area contributed by atoms with Gasteiger partial charge in [-0.2, -0.15) is 0 Å². The minimum absolute atomic E-state index is 0.0634. The predicted molar refractivity (Wildman–Crippen MR) is 82.4 cm³/mol. The third-order valence-electron chi connectivity index (χ3n) is 4.24. The topological polar surface area (TPSA) is 65.1 Å². The van der Waals surface area contributed by atoms with E-state index in [1.54, 1.807) is 0 Å². The lowest BCUT2D eigenvalue weighted by atomic mass is 9.82. The van der Waals surface area contributed by atoms with Crippen molar-refractivity contribution in [3.05, 3.63) is 12.2 Å². The molecule has 1 fully saturated rings. The standard InChI is InChI=1S/C16H27NO5/c1-4-16(5-2,12-17-8-10-21-11-9-17)13-22-15(19)7-6-14(18)20-3/h6-7H,4-5,8-13H2,1-3H3/b7-6+. The first-order chi connectivity index (χ1) is 10.5. The third-order valence-corrected chi connectivity index (χ3v) is 4.24. The normalized spacial score (nSPS) is 16.7. The molecule has 0 bridgehead atoms. The van der Waals surface area contributed by atoms with Crippen molar-refractivity contribution < 1.29 is 23.8 Å². The SMILES string of the molecule is CCC(CC)(COC(=O)/C=C/C(=O)OC)CN1CCOCC1. The number of methoxy groups -OCH3 is 1. The van der Waals surface area contributed by atoms with Crippen molar-refractivity contribution in [2.24, 2.45) is 5.41 Å². The second-order valence-electron chi connectivity index (χ2n) is 5.56. The van der Waals surface area contributed by atoms with Crippen LogP contribution in [0.5, 0.6) is 0 Å². The maximum absolute atomic E-state index is 11.7. The van der Waals surface area contributed by atoms with E-state index in [-0.39, 0.29) is 5.41 Å². The molecule has 0 aromatic carbocycles. The molecule has 1 aliphatic rings. The molecule has 6 heteroatoms. The van der Waals surface area contributed by atoms with Crippen LogP contribution in [0.15, 0.2) is 12.2 Å². The van der Waals surface area contributed by atoms with Crippen molar-refractivity contribution in [2.75, 3.05) is 46.6 Å². The molecule has 22 heavy (non-hydrogen) atoms. The molecule has 1 aliphatic heterocycles. The van der Waals surface area contributed by atoms with Gasteiger partial charge in [0, 0.05) is 37.2 Å². The molecule has 0 atom stereocenters. The second-order valence-corrected chi connectivity index (χ2v) is 5.56. The molecular weight excluding hydrogens is 286 g/mol. The third kappa shape index (κ3) is 6.15. The number of morpholine rings is 1. The summed E-state index contributed by atoms with van der Waals surface area (Å²) in [4.78, 5) is 25.0. The number of hydrogen-bond donors (Lipinski definition) is 0. The fraction of sp³-hybridized carbons (Fsp3) is 0.750. The minimum atomic E-state index is -0.567. The van der Waals surface area contributed by atoms with Gasteiger partial charge in [-0.25, -0.2) is 9.59 Å². The van der Waals surface area contributed by atoms with Crippen LogP contribution < -0.4 is 0 Å². The smallest absolute Gasteiger partial charge is 0.331 e. The monoisotopic (exact) mass is 313 g/mol. The van der Waals surface area contributed by atoms with Crippen molar-refractivity contribution in [3.8, 4) is 0 Å². The Kier molecular flexibility index (Phi) is 8.12. The summed E-state index contributed by atoms with van der Waals surface area (Å²) >= 11 is 0. The summed E-state index contributed by atoms with van der Waals surface area (Å²) in [5.74, 6) is -1.08. The van der Waals surface area contributed by atoms with E-state index in [2.05, 4.69) is 23.5 Å². The number of hydrogen-bond acceptors (Lipinski definition) is 6. The van der Waals surface area contributed by atoms with Crippen LogP contribution in [0.4, 0.5) is 0 Å². The van der Waals surface area contributed by atoms with E-state index in [1.807, 2.05) is 0 Å². The van der Waals surface area contributed by atoms with E-state index in [0.29, 0.717) is 6.61 Å². The van der Waals surface area contributed by atoms with Gasteiger partial charge < -0.3 is 14.2 Å². The summed E-state index contributed by atoms with van der Waals surface area (Å²) in [5.41, 5.74) is -0.0634. The predicted octanol–water partition coefficient (Wildman–Crippen LogP) is 1.40.